The van der Waals surface area contributed by atoms with Crippen LogP contribution in [0.25, 0.3) is 0 Å². The molecule has 7 nitrogen and oxygen atoms in total. The highest BCUT2D eigenvalue weighted by Crippen LogP contribution is 2.29. The molecule has 0 aliphatic rings. The number of benzene rings is 2. The van der Waals surface area contributed by atoms with Crippen LogP contribution in [0.2, 0.25) is 0 Å². The predicted octanol–water partition coefficient (Wildman–Crippen LogP) is 2.57. The Balaban J connectivity index is 2.48. The third-order valence-corrected chi connectivity index (χ3v) is 2.79. The van der Waals surface area contributed by atoms with Gasteiger partial charge in [-0.3, -0.25) is 0 Å². The maximum atomic E-state index is 11.2. The zero-order valence-electron chi connectivity index (χ0n) is 11.0. The molecule has 2 rings (SSSR count). The van der Waals surface area contributed by atoms with Gasteiger partial charge in [0.2, 0.25) is 0 Å². The van der Waals surface area contributed by atoms with Gasteiger partial charge in [0.1, 0.15) is 22.6 Å². The molecular weight excluding hydrogens is 292 g/mol. The van der Waals surface area contributed by atoms with Crippen LogP contribution >= 0.6 is 0 Å². The third-order valence-electron chi connectivity index (χ3n) is 2.79. The van der Waals surface area contributed by atoms with Gasteiger partial charge in [0, 0.05) is 0 Å². The number of para-hydroxylation sites is 1. The summed E-state index contributed by atoms with van der Waals surface area (Å²) < 4.78 is 5.34. The highest BCUT2D eigenvalue weighted by Gasteiger charge is 2.18. The molecule has 22 heavy (non-hydrogen) atoms. The van der Waals surface area contributed by atoms with Gasteiger partial charge in [0.15, 0.2) is 0 Å². The average molecular weight is 302 g/mol. The van der Waals surface area contributed by atoms with Gasteiger partial charge >= 0.3 is 17.9 Å². The molecule has 0 amide bonds. The van der Waals surface area contributed by atoms with Gasteiger partial charge in [-0.2, -0.15) is 0 Å². The number of hydrogen-bond acceptors (Lipinski definition) is 4. The molecule has 0 saturated carbocycles. The molecule has 0 fully saturated rings. The fourth-order valence-corrected chi connectivity index (χ4v) is 1.77. The van der Waals surface area contributed by atoms with Crippen molar-refractivity contribution in [3.63, 3.8) is 0 Å². The zero-order valence-corrected chi connectivity index (χ0v) is 11.0. The van der Waals surface area contributed by atoms with E-state index in [-0.39, 0.29) is 28.2 Å². The van der Waals surface area contributed by atoms with Crippen LogP contribution in [-0.2, 0) is 0 Å². The lowest BCUT2D eigenvalue weighted by Crippen LogP contribution is -2.06. The van der Waals surface area contributed by atoms with Crippen LogP contribution in [0, 0.1) is 0 Å². The summed E-state index contributed by atoms with van der Waals surface area (Å²) in [6, 6.07) is 9.02. The molecule has 0 aliphatic carbocycles. The van der Waals surface area contributed by atoms with Crippen LogP contribution < -0.4 is 4.74 Å². The predicted molar refractivity (Wildman–Crippen MR) is 73.8 cm³/mol. The minimum atomic E-state index is -1.38. The maximum Gasteiger partial charge on any atom is 0.339 e. The van der Waals surface area contributed by atoms with Gasteiger partial charge in [-0.15, -0.1) is 0 Å². The number of carboxylic acid groups (broad SMARTS) is 3. The number of ether oxygens (including phenoxy) is 1. The summed E-state index contributed by atoms with van der Waals surface area (Å²) in [5, 5.41) is 27.1. The summed E-state index contributed by atoms with van der Waals surface area (Å²) >= 11 is 0. The van der Waals surface area contributed by atoms with Crippen molar-refractivity contribution in [2.24, 2.45) is 0 Å². The van der Waals surface area contributed by atoms with E-state index >= 15 is 0 Å². The largest absolute Gasteiger partial charge is 0.478 e. The molecule has 0 saturated heterocycles. The first-order valence-corrected chi connectivity index (χ1v) is 6.01. The summed E-state index contributed by atoms with van der Waals surface area (Å²) in [7, 11) is 0. The summed E-state index contributed by atoms with van der Waals surface area (Å²) in [5.74, 6) is -4.08. The normalized spacial score (nSPS) is 10.0. The van der Waals surface area contributed by atoms with Gasteiger partial charge in [0.25, 0.3) is 0 Å². The minimum absolute atomic E-state index is 0.0411. The highest BCUT2D eigenvalue weighted by molar-refractivity contribution is 5.96. The molecule has 2 aromatic carbocycles. The highest BCUT2D eigenvalue weighted by atomic mass is 16.5. The minimum Gasteiger partial charge on any atom is -0.478 e. The number of rotatable bonds is 5. The van der Waals surface area contributed by atoms with Crippen molar-refractivity contribution in [1.29, 1.82) is 0 Å². The van der Waals surface area contributed by atoms with E-state index in [4.69, 9.17) is 20.1 Å². The van der Waals surface area contributed by atoms with E-state index in [9.17, 15) is 14.4 Å². The van der Waals surface area contributed by atoms with Crippen LogP contribution in [0.3, 0.4) is 0 Å². The molecule has 3 N–H and O–H groups in total. The van der Waals surface area contributed by atoms with Crippen LogP contribution in [0.4, 0.5) is 0 Å². The lowest BCUT2D eigenvalue weighted by molar-refractivity contribution is 0.0683. The van der Waals surface area contributed by atoms with Crippen molar-refractivity contribution in [2.45, 2.75) is 0 Å². The van der Waals surface area contributed by atoms with Gasteiger partial charge in [0.05, 0.1) is 5.56 Å². The van der Waals surface area contributed by atoms with E-state index in [1.807, 2.05) is 0 Å². The fraction of sp³-hybridized carbons (Fsp3) is 0. The summed E-state index contributed by atoms with van der Waals surface area (Å²) in [4.78, 5) is 33.2. The molecule has 0 bridgehead atoms. The molecule has 0 heterocycles. The first-order valence-electron chi connectivity index (χ1n) is 6.01. The second-order valence-electron chi connectivity index (χ2n) is 4.22. The second-order valence-corrected chi connectivity index (χ2v) is 4.22. The second kappa shape index (κ2) is 5.96. The van der Waals surface area contributed by atoms with E-state index in [0.29, 0.717) is 0 Å². The van der Waals surface area contributed by atoms with Crippen molar-refractivity contribution in [3.05, 3.63) is 59.2 Å². The Labute approximate surface area is 124 Å². The Morgan fingerprint density at radius 3 is 1.91 bits per heavy atom. The first-order chi connectivity index (χ1) is 10.4. The van der Waals surface area contributed by atoms with Gasteiger partial charge in [-0.05, 0) is 30.3 Å². The van der Waals surface area contributed by atoms with Crippen molar-refractivity contribution >= 4 is 17.9 Å². The molecule has 0 atom stereocenters. The van der Waals surface area contributed by atoms with Gasteiger partial charge < -0.3 is 20.1 Å². The molecule has 7 heteroatoms. The van der Waals surface area contributed by atoms with Crippen molar-refractivity contribution in [3.8, 4) is 11.5 Å². The van der Waals surface area contributed by atoms with Crippen LogP contribution in [-0.4, -0.2) is 33.2 Å². The molecular formula is C15H10O7. The quantitative estimate of drug-likeness (QED) is 0.776. The van der Waals surface area contributed by atoms with Crippen molar-refractivity contribution < 1.29 is 34.4 Å². The smallest absolute Gasteiger partial charge is 0.339 e. The monoisotopic (exact) mass is 302 g/mol. The summed E-state index contributed by atoms with van der Waals surface area (Å²) in [6.45, 7) is 0. The molecule has 0 radical (unpaired) electrons. The number of hydrogen-bond donors (Lipinski definition) is 3. The van der Waals surface area contributed by atoms with Gasteiger partial charge in [-0.25, -0.2) is 14.4 Å². The SMILES string of the molecule is O=C(O)c1ccc(Oc2ccccc2C(=O)O)c(C(=O)O)c1. The third kappa shape index (κ3) is 3.04. The fourth-order valence-electron chi connectivity index (χ4n) is 1.77. The van der Waals surface area contributed by atoms with E-state index in [1.165, 1.54) is 36.4 Å². The Morgan fingerprint density at radius 2 is 1.32 bits per heavy atom. The van der Waals surface area contributed by atoms with E-state index < -0.39 is 17.9 Å². The Morgan fingerprint density at radius 1 is 0.727 bits per heavy atom. The first kappa shape index (κ1) is 15.0. The maximum absolute atomic E-state index is 11.2. The average Bonchev–Trinajstić information content (AvgIpc) is 2.47. The van der Waals surface area contributed by atoms with Crippen LogP contribution in [0.1, 0.15) is 31.1 Å². The molecule has 112 valence electrons. The van der Waals surface area contributed by atoms with E-state index in [0.717, 1.165) is 6.07 Å². The molecule has 0 aliphatic heterocycles. The number of carbonyl (C=O) groups is 3. The van der Waals surface area contributed by atoms with E-state index in [2.05, 4.69) is 0 Å². The van der Waals surface area contributed by atoms with E-state index in [1.54, 1.807) is 0 Å². The molecule has 0 spiro atoms. The zero-order chi connectivity index (χ0) is 16.3. The summed E-state index contributed by atoms with van der Waals surface area (Å²) in [5.41, 5.74) is -0.725. The van der Waals surface area contributed by atoms with Crippen molar-refractivity contribution in [2.75, 3.05) is 0 Å². The van der Waals surface area contributed by atoms with Crippen molar-refractivity contribution in [1.82, 2.24) is 0 Å². The van der Waals surface area contributed by atoms with Crippen LogP contribution in [0.15, 0.2) is 42.5 Å². The standard InChI is InChI=1S/C15H10O7/c16-13(17)8-5-6-12(10(7-8)15(20)21)22-11-4-2-1-3-9(11)14(18)19/h1-7H,(H,16,17)(H,18,19)(H,20,21). The molecule has 0 aromatic heterocycles. The lowest BCUT2D eigenvalue weighted by Gasteiger charge is -2.11. The number of aromatic carboxylic acids is 3. The number of carboxylic acids is 3. The molecule has 2 aromatic rings. The Hall–Kier alpha value is -3.35. The summed E-state index contributed by atoms with van der Waals surface area (Å²) in [6.07, 6.45) is 0. The topological polar surface area (TPSA) is 121 Å². The van der Waals surface area contributed by atoms with Gasteiger partial charge in [-0.1, -0.05) is 12.1 Å². The van der Waals surface area contributed by atoms with Crippen LogP contribution in [0.5, 0.6) is 11.5 Å². The Bertz CT molecular complexity index is 764. The lowest BCUT2D eigenvalue weighted by atomic mass is 10.1. The Kier molecular flexibility index (Phi) is 4.08. The molecule has 0 unspecified atom stereocenters.